The van der Waals surface area contributed by atoms with Crippen molar-refractivity contribution in [1.82, 2.24) is 24.1 Å². The number of aryl methyl sites for hydroxylation is 1. The molecule has 0 aliphatic rings. The second kappa shape index (κ2) is 7.19. The molecule has 0 saturated carbocycles. The Morgan fingerprint density at radius 3 is 2.45 bits per heavy atom. The van der Waals surface area contributed by atoms with Crippen LogP contribution in [0.15, 0.2) is 53.3 Å². The molecule has 7 nitrogen and oxygen atoms in total. The van der Waals surface area contributed by atoms with Crippen LogP contribution >= 0.6 is 0 Å². The molecule has 0 aliphatic carbocycles. The number of methoxy groups -OCH3 is 1. The first-order chi connectivity index (χ1) is 15.0. The lowest BCUT2D eigenvalue weighted by Crippen LogP contribution is -2.26. The van der Waals surface area contributed by atoms with Gasteiger partial charge in [0.1, 0.15) is 22.5 Å². The van der Waals surface area contributed by atoms with Gasteiger partial charge in [0, 0.05) is 12.1 Å². The zero-order chi connectivity index (χ0) is 21.7. The standard InChI is InChI=1S/C24H23N5O2/c1-5-14(2)28-15(3)25-22-20(24(28)30)21-23(27-19-12-7-6-11-18(19)26-21)29(22)16-9-8-10-17(13-16)31-4/h6-14H,5H2,1-4H3/t14-/m1/s1. The van der Waals surface area contributed by atoms with E-state index in [1.54, 1.807) is 11.7 Å². The average molecular weight is 413 g/mol. The summed E-state index contributed by atoms with van der Waals surface area (Å²) in [4.78, 5) is 28.3. The van der Waals surface area contributed by atoms with E-state index in [1.807, 2.05) is 66.9 Å². The lowest BCUT2D eigenvalue weighted by atomic mass is 10.2. The lowest BCUT2D eigenvalue weighted by molar-refractivity contribution is 0.414. The summed E-state index contributed by atoms with van der Waals surface area (Å²) >= 11 is 0. The third kappa shape index (κ3) is 2.88. The Balaban J connectivity index is 2.01. The second-order valence-corrected chi connectivity index (χ2v) is 7.71. The fourth-order valence-electron chi connectivity index (χ4n) is 4.11. The van der Waals surface area contributed by atoms with Crippen molar-refractivity contribution in [1.29, 1.82) is 0 Å². The molecule has 5 aromatic rings. The first-order valence-electron chi connectivity index (χ1n) is 10.4. The zero-order valence-corrected chi connectivity index (χ0v) is 18.0. The van der Waals surface area contributed by atoms with Crippen molar-refractivity contribution in [3.8, 4) is 11.4 Å². The Bertz CT molecular complexity index is 1520. The molecule has 0 amide bonds. The molecule has 0 saturated heterocycles. The minimum atomic E-state index is -0.0897. The molecule has 0 radical (unpaired) electrons. The number of rotatable bonds is 4. The number of aromatic nitrogens is 5. The van der Waals surface area contributed by atoms with Crippen LogP contribution in [0.3, 0.4) is 0 Å². The van der Waals surface area contributed by atoms with Crippen molar-refractivity contribution in [2.45, 2.75) is 33.2 Å². The van der Waals surface area contributed by atoms with Gasteiger partial charge in [-0.05, 0) is 44.5 Å². The Kier molecular flexibility index (Phi) is 4.46. The van der Waals surface area contributed by atoms with Crippen LogP contribution in [-0.2, 0) is 0 Å². The normalized spacial score (nSPS) is 12.6. The highest BCUT2D eigenvalue weighted by molar-refractivity contribution is 6.05. The van der Waals surface area contributed by atoms with E-state index >= 15 is 0 Å². The summed E-state index contributed by atoms with van der Waals surface area (Å²) in [5, 5.41) is 0.488. The highest BCUT2D eigenvalue weighted by atomic mass is 16.5. The number of para-hydroxylation sites is 2. The van der Waals surface area contributed by atoms with E-state index < -0.39 is 0 Å². The van der Waals surface area contributed by atoms with Gasteiger partial charge in [0.2, 0.25) is 0 Å². The van der Waals surface area contributed by atoms with Gasteiger partial charge in [0.05, 0.1) is 23.8 Å². The van der Waals surface area contributed by atoms with Crippen LogP contribution in [0, 0.1) is 6.92 Å². The molecular formula is C24H23N5O2. The van der Waals surface area contributed by atoms with E-state index in [9.17, 15) is 4.79 Å². The largest absolute Gasteiger partial charge is 0.497 e. The number of hydrogen-bond acceptors (Lipinski definition) is 5. The predicted molar refractivity (Wildman–Crippen MR) is 122 cm³/mol. The minimum Gasteiger partial charge on any atom is -0.497 e. The summed E-state index contributed by atoms with van der Waals surface area (Å²) in [6, 6.07) is 15.4. The highest BCUT2D eigenvalue weighted by Gasteiger charge is 2.23. The Morgan fingerprint density at radius 1 is 1.00 bits per heavy atom. The number of hydrogen-bond donors (Lipinski definition) is 0. The van der Waals surface area contributed by atoms with Gasteiger partial charge in [-0.1, -0.05) is 25.1 Å². The van der Waals surface area contributed by atoms with Crippen molar-refractivity contribution >= 4 is 33.2 Å². The Morgan fingerprint density at radius 2 is 1.74 bits per heavy atom. The maximum atomic E-state index is 13.7. The van der Waals surface area contributed by atoms with Gasteiger partial charge in [0.15, 0.2) is 11.3 Å². The van der Waals surface area contributed by atoms with Crippen molar-refractivity contribution in [3.05, 3.63) is 64.7 Å². The molecule has 2 aromatic carbocycles. The third-order valence-corrected chi connectivity index (χ3v) is 5.83. The molecule has 0 bridgehead atoms. The van der Waals surface area contributed by atoms with E-state index in [0.29, 0.717) is 33.8 Å². The second-order valence-electron chi connectivity index (χ2n) is 7.71. The molecule has 0 aliphatic heterocycles. The van der Waals surface area contributed by atoms with E-state index in [2.05, 4.69) is 6.92 Å². The quantitative estimate of drug-likeness (QED) is 0.431. The van der Waals surface area contributed by atoms with Crippen molar-refractivity contribution in [2.75, 3.05) is 7.11 Å². The van der Waals surface area contributed by atoms with Gasteiger partial charge < -0.3 is 4.74 Å². The van der Waals surface area contributed by atoms with Crippen LogP contribution in [0.2, 0.25) is 0 Å². The van der Waals surface area contributed by atoms with Crippen LogP contribution in [0.4, 0.5) is 0 Å². The van der Waals surface area contributed by atoms with Crippen molar-refractivity contribution in [3.63, 3.8) is 0 Å². The Labute approximate surface area is 179 Å². The number of nitrogens with zero attached hydrogens (tertiary/aromatic N) is 5. The molecule has 3 aromatic heterocycles. The van der Waals surface area contributed by atoms with Crippen LogP contribution in [0.1, 0.15) is 32.1 Å². The molecule has 3 heterocycles. The van der Waals surface area contributed by atoms with Crippen LogP contribution in [-0.4, -0.2) is 31.2 Å². The molecule has 156 valence electrons. The Hall–Kier alpha value is -3.74. The van der Waals surface area contributed by atoms with Crippen LogP contribution in [0.5, 0.6) is 5.75 Å². The monoisotopic (exact) mass is 413 g/mol. The van der Waals surface area contributed by atoms with E-state index in [-0.39, 0.29) is 11.6 Å². The maximum Gasteiger partial charge on any atom is 0.265 e. The van der Waals surface area contributed by atoms with Gasteiger partial charge in [-0.15, -0.1) is 0 Å². The van der Waals surface area contributed by atoms with E-state index in [1.165, 1.54) is 0 Å². The topological polar surface area (TPSA) is 74.8 Å². The van der Waals surface area contributed by atoms with Gasteiger partial charge in [-0.2, -0.15) is 0 Å². The summed E-state index contributed by atoms with van der Waals surface area (Å²) in [6.45, 7) is 5.97. The fourth-order valence-corrected chi connectivity index (χ4v) is 4.11. The summed E-state index contributed by atoms with van der Waals surface area (Å²) < 4.78 is 9.09. The molecule has 31 heavy (non-hydrogen) atoms. The molecule has 0 N–H and O–H groups in total. The first kappa shape index (κ1) is 19.2. The predicted octanol–water partition coefficient (Wildman–Crippen LogP) is 4.57. The molecule has 1 atom stereocenters. The lowest BCUT2D eigenvalue weighted by Gasteiger charge is -2.16. The molecule has 0 unspecified atom stereocenters. The van der Waals surface area contributed by atoms with Gasteiger partial charge >= 0.3 is 0 Å². The average Bonchev–Trinajstić information content (AvgIpc) is 3.10. The number of fused-ring (bicyclic) bond motifs is 4. The first-order valence-corrected chi connectivity index (χ1v) is 10.4. The van der Waals surface area contributed by atoms with Gasteiger partial charge in [-0.25, -0.2) is 15.0 Å². The molecule has 0 spiro atoms. The summed E-state index contributed by atoms with van der Waals surface area (Å²) in [5.41, 5.74) is 3.96. The maximum absolute atomic E-state index is 13.7. The zero-order valence-electron chi connectivity index (χ0n) is 18.0. The van der Waals surface area contributed by atoms with Crippen molar-refractivity contribution < 1.29 is 4.74 Å². The number of ether oxygens (including phenoxy) is 1. The van der Waals surface area contributed by atoms with Gasteiger partial charge in [-0.3, -0.25) is 13.9 Å². The SMILES string of the molecule is CC[C@@H](C)n1c(C)nc2c(c1=O)c1nc3ccccc3nc1n2-c1cccc(OC)c1. The van der Waals surface area contributed by atoms with Gasteiger partial charge in [0.25, 0.3) is 5.56 Å². The van der Waals surface area contributed by atoms with Crippen LogP contribution in [0.25, 0.3) is 38.9 Å². The minimum absolute atomic E-state index is 0.0352. The summed E-state index contributed by atoms with van der Waals surface area (Å²) in [7, 11) is 1.63. The third-order valence-electron chi connectivity index (χ3n) is 5.83. The molecular weight excluding hydrogens is 390 g/mol. The smallest absolute Gasteiger partial charge is 0.265 e. The fraction of sp³-hybridized carbons (Fsp3) is 0.250. The number of benzene rings is 2. The molecule has 7 heteroatoms. The molecule has 0 fully saturated rings. The summed E-state index contributed by atoms with van der Waals surface area (Å²) in [5.74, 6) is 1.38. The van der Waals surface area contributed by atoms with E-state index in [0.717, 1.165) is 23.1 Å². The van der Waals surface area contributed by atoms with E-state index in [4.69, 9.17) is 19.7 Å². The highest BCUT2D eigenvalue weighted by Crippen LogP contribution is 2.30. The van der Waals surface area contributed by atoms with Crippen LogP contribution < -0.4 is 10.3 Å². The summed E-state index contributed by atoms with van der Waals surface area (Å²) in [6.07, 6.45) is 0.830. The molecule has 5 rings (SSSR count). The van der Waals surface area contributed by atoms with Crippen molar-refractivity contribution in [2.24, 2.45) is 0 Å².